The molecular weight excluding hydrogens is 356 g/mol. The molecule has 3 rings (SSSR count). The van der Waals surface area contributed by atoms with Crippen LogP contribution in [-0.2, 0) is 17.9 Å². The third kappa shape index (κ3) is 5.32. The Morgan fingerprint density at radius 3 is 2.67 bits per heavy atom. The maximum absolute atomic E-state index is 13.0. The van der Waals surface area contributed by atoms with E-state index < -0.39 is 0 Å². The molecule has 0 saturated heterocycles. The SMILES string of the molecule is CCC(C)N(Cc1csc(COc2ccc(C)cc2)n1)C(=O)C1CCCC1. The molecule has 1 aromatic heterocycles. The highest BCUT2D eigenvalue weighted by atomic mass is 32.1. The van der Waals surface area contributed by atoms with Crippen molar-refractivity contribution in [1.29, 1.82) is 0 Å². The van der Waals surface area contributed by atoms with Gasteiger partial charge in [-0.05, 0) is 45.2 Å². The molecule has 0 aliphatic heterocycles. The highest BCUT2D eigenvalue weighted by Crippen LogP contribution is 2.28. The summed E-state index contributed by atoms with van der Waals surface area (Å²) in [6, 6.07) is 8.29. The second-order valence-corrected chi connectivity index (χ2v) is 8.48. The van der Waals surface area contributed by atoms with Crippen molar-refractivity contribution < 1.29 is 9.53 Å². The molecule has 1 aliphatic rings. The highest BCUT2D eigenvalue weighted by Gasteiger charge is 2.29. The van der Waals surface area contributed by atoms with E-state index in [2.05, 4.69) is 26.2 Å². The lowest BCUT2D eigenvalue weighted by molar-refractivity contribution is -0.138. The van der Waals surface area contributed by atoms with Gasteiger partial charge in [0.25, 0.3) is 0 Å². The van der Waals surface area contributed by atoms with Crippen LogP contribution in [0, 0.1) is 12.8 Å². The van der Waals surface area contributed by atoms with E-state index in [1.165, 1.54) is 18.4 Å². The summed E-state index contributed by atoms with van der Waals surface area (Å²) in [5, 5.41) is 3.01. The molecule has 0 N–H and O–H groups in total. The largest absolute Gasteiger partial charge is 0.486 e. The third-order valence-electron chi connectivity index (χ3n) is 5.43. The van der Waals surface area contributed by atoms with Crippen LogP contribution in [0.4, 0.5) is 0 Å². The van der Waals surface area contributed by atoms with Crippen LogP contribution in [0.3, 0.4) is 0 Å². The minimum atomic E-state index is 0.210. The predicted octanol–water partition coefficient (Wildman–Crippen LogP) is 5.35. The zero-order chi connectivity index (χ0) is 19.2. The van der Waals surface area contributed by atoms with E-state index in [1.54, 1.807) is 11.3 Å². The highest BCUT2D eigenvalue weighted by molar-refractivity contribution is 7.09. The summed E-state index contributed by atoms with van der Waals surface area (Å²) in [5.41, 5.74) is 2.19. The predicted molar refractivity (Wildman–Crippen MR) is 110 cm³/mol. The van der Waals surface area contributed by atoms with Gasteiger partial charge in [0.2, 0.25) is 5.91 Å². The first-order valence-corrected chi connectivity index (χ1v) is 10.9. The number of aromatic nitrogens is 1. The molecule has 1 saturated carbocycles. The van der Waals surface area contributed by atoms with Crippen LogP contribution in [0.25, 0.3) is 0 Å². The number of nitrogens with zero attached hydrogens (tertiary/aromatic N) is 2. The van der Waals surface area contributed by atoms with Crippen LogP contribution in [0.5, 0.6) is 5.75 Å². The number of amides is 1. The van der Waals surface area contributed by atoms with Crippen molar-refractivity contribution in [1.82, 2.24) is 9.88 Å². The number of thiazole rings is 1. The lowest BCUT2D eigenvalue weighted by atomic mass is 10.0. The Morgan fingerprint density at radius 1 is 1.30 bits per heavy atom. The first-order valence-electron chi connectivity index (χ1n) is 10.00. The number of hydrogen-bond acceptors (Lipinski definition) is 4. The Labute approximate surface area is 166 Å². The van der Waals surface area contributed by atoms with Crippen molar-refractivity contribution in [2.45, 2.75) is 72.1 Å². The first-order chi connectivity index (χ1) is 13.1. The number of carbonyl (C=O) groups excluding carboxylic acids is 1. The van der Waals surface area contributed by atoms with Crippen molar-refractivity contribution >= 4 is 17.2 Å². The van der Waals surface area contributed by atoms with Crippen LogP contribution in [0.15, 0.2) is 29.6 Å². The van der Waals surface area contributed by atoms with Gasteiger partial charge in [-0.1, -0.05) is 37.5 Å². The second kappa shape index (κ2) is 9.36. The molecule has 0 radical (unpaired) electrons. The number of benzene rings is 1. The summed E-state index contributed by atoms with van der Waals surface area (Å²) >= 11 is 1.60. The zero-order valence-electron chi connectivity index (χ0n) is 16.6. The fourth-order valence-corrected chi connectivity index (χ4v) is 4.22. The van der Waals surface area contributed by atoms with Crippen LogP contribution >= 0.6 is 11.3 Å². The van der Waals surface area contributed by atoms with E-state index in [9.17, 15) is 4.79 Å². The standard InChI is InChI=1S/C22H30N2O2S/c1-4-17(3)24(22(25)18-7-5-6-8-18)13-19-15-27-21(23-19)14-26-20-11-9-16(2)10-12-20/h9-12,15,17-18H,4-8,13-14H2,1-3H3. The van der Waals surface area contributed by atoms with E-state index in [1.807, 2.05) is 29.2 Å². The molecule has 146 valence electrons. The Morgan fingerprint density at radius 2 is 2.00 bits per heavy atom. The molecular formula is C22H30N2O2S. The Hall–Kier alpha value is -1.88. The fraction of sp³-hybridized carbons (Fsp3) is 0.545. The Bertz CT molecular complexity index is 735. The first kappa shape index (κ1) is 19.9. The molecule has 1 amide bonds. The van der Waals surface area contributed by atoms with Crippen LogP contribution in [0.2, 0.25) is 0 Å². The maximum atomic E-state index is 13.0. The lowest BCUT2D eigenvalue weighted by Gasteiger charge is -2.30. The number of hydrogen-bond donors (Lipinski definition) is 0. The summed E-state index contributed by atoms with van der Waals surface area (Å²) in [4.78, 5) is 19.7. The van der Waals surface area contributed by atoms with Gasteiger partial charge in [-0.15, -0.1) is 11.3 Å². The summed E-state index contributed by atoms with van der Waals surface area (Å²) in [6.07, 6.45) is 5.41. The normalized spacial score (nSPS) is 15.7. The van der Waals surface area contributed by atoms with Gasteiger partial charge >= 0.3 is 0 Å². The van der Waals surface area contributed by atoms with E-state index in [0.29, 0.717) is 19.1 Å². The molecule has 27 heavy (non-hydrogen) atoms. The molecule has 1 heterocycles. The van der Waals surface area contributed by atoms with E-state index in [4.69, 9.17) is 9.72 Å². The maximum Gasteiger partial charge on any atom is 0.226 e. The zero-order valence-corrected chi connectivity index (χ0v) is 17.4. The molecule has 4 nitrogen and oxygen atoms in total. The lowest BCUT2D eigenvalue weighted by Crippen LogP contribution is -2.41. The van der Waals surface area contributed by atoms with Crippen LogP contribution in [0.1, 0.15) is 62.2 Å². The van der Waals surface area contributed by atoms with E-state index >= 15 is 0 Å². The summed E-state index contributed by atoms with van der Waals surface area (Å²) < 4.78 is 5.83. The molecule has 2 aromatic rings. The minimum Gasteiger partial charge on any atom is -0.486 e. The molecule has 0 spiro atoms. The van der Waals surface area contributed by atoms with Crippen molar-refractivity contribution in [3.05, 3.63) is 45.9 Å². The Balaban J connectivity index is 1.61. The van der Waals surface area contributed by atoms with Gasteiger partial charge in [-0.25, -0.2) is 4.98 Å². The second-order valence-electron chi connectivity index (χ2n) is 7.54. The van der Waals surface area contributed by atoms with Crippen molar-refractivity contribution in [3.63, 3.8) is 0 Å². The molecule has 1 aromatic carbocycles. The monoisotopic (exact) mass is 386 g/mol. The fourth-order valence-electron chi connectivity index (χ4n) is 3.52. The van der Waals surface area contributed by atoms with Gasteiger partial charge in [0.1, 0.15) is 17.4 Å². The van der Waals surface area contributed by atoms with Gasteiger partial charge in [-0.2, -0.15) is 0 Å². The molecule has 1 fully saturated rings. The quantitative estimate of drug-likeness (QED) is 0.614. The topological polar surface area (TPSA) is 42.4 Å². The van der Waals surface area contributed by atoms with Crippen LogP contribution < -0.4 is 4.74 Å². The van der Waals surface area contributed by atoms with Crippen molar-refractivity contribution in [2.24, 2.45) is 5.92 Å². The third-order valence-corrected chi connectivity index (χ3v) is 6.30. The molecule has 0 bridgehead atoms. The smallest absolute Gasteiger partial charge is 0.226 e. The van der Waals surface area contributed by atoms with Crippen LogP contribution in [-0.4, -0.2) is 21.8 Å². The van der Waals surface area contributed by atoms with Gasteiger partial charge in [0.05, 0.1) is 12.2 Å². The minimum absolute atomic E-state index is 0.210. The van der Waals surface area contributed by atoms with Gasteiger partial charge < -0.3 is 9.64 Å². The molecule has 1 unspecified atom stereocenters. The number of aryl methyl sites for hydroxylation is 1. The van der Waals surface area contributed by atoms with Crippen molar-refractivity contribution in [3.8, 4) is 5.75 Å². The average Bonchev–Trinajstić information content (AvgIpc) is 3.36. The molecule has 1 aliphatic carbocycles. The van der Waals surface area contributed by atoms with Gasteiger partial charge in [0.15, 0.2) is 0 Å². The number of carbonyl (C=O) groups is 1. The molecule has 1 atom stereocenters. The Kier molecular flexibility index (Phi) is 6.89. The van der Waals surface area contributed by atoms with E-state index in [0.717, 1.165) is 35.7 Å². The average molecular weight is 387 g/mol. The van der Waals surface area contributed by atoms with Gasteiger partial charge in [-0.3, -0.25) is 4.79 Å². The van der Waals surface area contributed by atoms with E-state index in [-0.39, 0.29) is 12.0 Å². The molecule has 5 heteroatoms. The number of rotatable bonds is 8. The van der Waals surface area contributed by atoms with Gasteiger partial charge in [0, 0.05) is 17.3 Å². The summed E-state index contributed by atoms with van der Waals surface area (Å²) in [5.74, 6) is 1.38. The summed E-state index contributed by atoms with van der Waals surface area (Å²) in [7, 11) is 0. The summed E-state index contributed by atoms with van der Waals surface area (Å²) in [6.45, 7) is 7.41. The number of ether oxygens (including phenoxy) is 1. The van der Waals surface area contributed by atoms with Crippen molar-refractivity contribution in [2.75, 3.05) is 0 Å².